The maximum atomic E-state index is 13.3. The second-order valence-electron chi connectivity index (χ2n) is 7.58. The van der Waals surface area contributed by atoms with Crippen molar-refractivity contribution in [2.75, 3.05) is 4.90 Å². The van der Waals surface area contributed by atoms with Gasteiger partial charge in [0.2, 0.25) is 0 Å². The SMILES string of the molecule is O=C1C(=O)N(c2cccc(C(F)(F)F)c2)C(c2cccc([N+](=O)[O-])c2)/C1=C(\O)c1ccc(Cl)cc1. The number of benzene rings is 3. The number of Topliss-reactive ketones (excluding diaryl/α,β-unsaturated/α-hetero) is 1. The van der Waals surface area contributed by atoms with Gasteiger partial charge in [0, 0.05) is 28.4 Å². The Balaban J connectivity index is 1.97. The van der Waals surface area contributed by atoms with E-state index in [1.807, 2.05) is 0 Å². The molecule has 1 amide bonds. The molecule has 3 aromatic carbocycles. The minimum Gasteiger partial charge on any atom is -0.507 e. The van der Waals surface area contributed by atoms with Crippen molar-refractivity contribution in [3.63, 3.8) is 0 Å². The highest BCUT2D eigenvalue weighted by Crippen LogP contribution is 2.44. The fraction of sp³-hybridized carbons (Fsp3) is 0.0833. The number of hydrogen-bond donors (Lipinski definition) is 1. The number of ketones is 1. The summed E-state index contributed by atoms with van der Waals surface area (Å²) >= 11 is 5.87. The van der Waals surface area contributed by atoms with Gasteiger partial charge < -0.3 is 5.11 Å². The van der Waals surface area contributed by atoms with Crippen molar-refractivity contribution in [1.82, 2.24) is 0 Å². The number of anilines is 1. The largest absolute Gasteiger partial charge is 0.507 e. The van der Waals surface area contributed by atoms with Crippen LogP contribution in [0.3, 0.4) is 0 Å². The van der Waals surface area contributed by atoms with Gasteiger partial charge in [-0.1, -0.05) is 29.8 Å². The van der Waals surface area contributed by atoms with Gasteiger partial charge in [-0.2, -0.15) is 13.2 Å². The molecule has 0 spiro atoms. The lowest BCUT2D eigenvalue weighted by Crippen LogP contribution is -2.29. The number of carbonyl (C=O) groups excluding carboxylic acids is 2. The molecule has 11 heteroatoms. The fourth-order valence-electron chi connectivity index (χ4n) is 3.82. The quantitative estimate of drug-likeness (QED) is 0.157. The van der Waals surface area contributed by atoms with Crippen LogP contribution in [0.1, 0.15) is 22.7 Å². The van der Waals surface area contributed by atoms with E-state index in [0.717, 1.165) is 23.1 Å². The van der Waals surface area contributed by atoms with E-state index in [-0.39, 0.29) is 22.5 Å². The summed E-state index contributed by atoms with van der Waals surface area (Å²) in [4.78, 5) is 37.6. The number of aliphatic hydroxyl groups excluding tert-OH is 1. The van der Waals surface area contributed by atoms with E-state index in [1.54, 1.807) is 0 Å². The maximum absolute atomic E-state index is 13.3. The molecule has 3 aromatic rings. The first-order valence-corrected chi connectivity index (χ1v) is 10.4. The predicted octanol–water partition coefficient (Wildman–Crippen LogP) is 5.89. The summed E-state index contributed by atoms with van der Waals surface area (Å²) in [5, 5.41) is 22.6. The molecular weight excluding hydrogens is 489 g/mol. The molecule has 0 aliphatic carbocycles. The van der Waals surface area contributed by atoms with Gasteiger partial charge in [0.05, 0.1) is 22.1 Å². The van der Waals surface area contributed by atoms with Gasteiger partial charge in [0.1, 0.15) is 5.76 Å². The van der Waals surface area contributed by atoms with Gasteiger partial charge in [-0.25, -0.2) is 0 Å². The monoisotopic (exact) mass is 502 g/mol. The number of alkyl halides is 3. The zero-order valence-corrected chi connectivity index (χ0v) is 18.2. The van der Waals surface area contributed by atoms with Gasteiger partial charge in [0.25, 0.3) is 17.4 Å². The summed E-state index contributed by atoms with van der Waals surface area (Å²) in [6, 6.07) is 12.9. The second-order valence-corrected chi connectivity index (χ2v) is 8.01. The summed E-state index contributed by atoms with van der Waals surface area (Å²) < 4.78 is 40.0. The number of nitrogens with zero attached hydrogens (tertiary/aromatic N) is 2. The Morgan fingerprint density at radius 3 is 2.29 bits per heavy atom. The number of nitro benzene ring substituents is 1. The average molecular weight is 503 g/mol. The predicted molar refractivity (Wildman–Crippen MR) is 121 cm³/mol. The molecule has 178 valence electrons. The maximum Gasteiger partial charge on any atom is 0.416 e. The third-order valence-corrected chi connectivity index (χ3v) is 5.66. The van der Waals surface area contributed by atoms with Crippen LogP contribution in [0.15, 0.2) is 78.4 Å². The molecule has 1 saturated heterocycles. The smallest absolute Gasteiger partial charge is 0.416 e. The van der Waals surface area contributed by atoms with Crippen LogP contribution < -0.4 is 4.90 Å². The van der Waals surface area contributed by atoms with Crippen LogP contribution >= 0.6 is 11.6 Å². The molecule has 7 nitrogen and oxygen atoms in total. The Hall–Kier alpha value is -4.18. The molecule has 1 unspecified atom stereocenters. The van der Waals surface area contributed by atoms with Crippen molar-refractivity contribution >= 4 is 40.4 Å². The van der Waals surface area contributed by atoms with E-state index in [2.05, 4.69) is 0 Å². The first-order chi connectivity index (χ1) is 16.5. The summed E-state index contributed by atoms with van der Waals surface area (Å²) in [6.07, 6.45) is -4.73. The van der Waals surface area contributed by atoms with E-state index >= 15 is 0 Å². The Morgan fingerprint density at radius 1 is 1.00 bits per heavy atom. The zero-order chi connectivity index (χ0) is 25.5. The summed E-state index contributed by atoms with van der Waals surface area (Å²) in [7, 11) is 0. The number of aliphatic hydroxyl groups is 1. The molecule has 0 radical (unpaired) electrons. The first-order valence-electron chi connectivity index (χ1n) is 9.97. The van der Waals surface area contributed by atoms with E-state index in [9.17, 15) is 38.0 Å². The molecule has 4 rings (SSSR count). The Bertz CT molecular complexity index is 1390. The molecular formula is C24H14ClF3N2O5. The molecule has 1 aliphatic heterocycles. The van der Waals surface area contributed by atoms with Crippen molar-refractivity contribution in [1.29, 1.82) is 0 Å². The van der Waals surface area contributed by atoms with E-state index in [0.29, 0.717) is 11.1 Å². The fourth-order valence-corrected chi connectivity index (χ4v) is 3.94. The molecule has 0 saturated carbocycles. The topological polar surface area (TPSA) is 101 Å². The normalized spacial score (nSPS) is 17.6. The molecule has 0 bridgehead atoms. The number of hydrogen-bond acceptors (Lipinski definition) is 5. The van der Waals surface area contributed by atoms with Crippen LogP contribution in [0.2, 0.25) is 5.02 Å². The third kappa shape index (κ3) is 4.47. The van der Waals surface area contributed by atoms with Gasteiger partial charge in [-0.3, -0.25) is 24.6 Å². The lowest BCUT2D eigenvalue weighted by Gasteiger charge is -2.26. The number of amides is 1. The lowest BCUT2D eigenvalue weighted by molar-refractivity contribution is -0.384. The van der Waals surface area contributed by atoms with Gasteiger partial charge in [-0.05, 0) is 48.0 Å². The van der Waals surface area contributed by atoms with E-state index < -0.39 is 45.7 Å². The number of nitro groups is 1. The Morgan fingerprint density at radius 2 is 1.66 bits per heavy atom. The standard InChI is InChI=1S/C24H14ClF3N2O5/c25-16-9-7-13(8-10-16)21(31)19-20(14-3-1-6-18(11-14)30(34)35)29(23(33)22(19)32)17-5-2-4-15(12-17)24(26,27)28/h1-12,20,31H/b21-19+. The minimum absolute atomic E-state index is 0.0475. The van der Waals surface area contributed by atoms with Crippen molar-refractivity contribution in [2.45, 2.75) is 12.2 Å². The molecule has 1 atom stereocenters. The van der Waals surface area contributed by atoms with Crippen LogP contribution in [0.5, 0.6) is 0 Å². The molecule has 1 N–H and O–H groups in total. The van der Waals surface area contributed by atoms with Gasteiger partial charge in [0.15, 0.2) is 0 Å². The number of non-ortho nitro benzene ring substituents is 1. The van der Waals surface area contributed by atoms with Crippen molar-refractivity contribution in [2.24, 2.45) is 0 Å². The van der Waals surface area contributed by atoms with Gasteiger partial charge in [-0.15, -0.1) is 0 Å². The summed E-state index contributed by atoms with van der Waals surface area (Å²) in [5.41, 5.74) is -1.97. The average Bonchev–Trinajstić information content (AvgIpc) is 3.09. The Kier molecular flexibility index (Phi) is 6.08. The second kappa shape index (κ2) is 8.88. The van der Waals surface area contributed by atoms with Crippen molar-refractivity contribution < 1.29 is 32.8 Å². The van der Waals surface area contributed by atoms with Crippen molar-refractivity contribution in [3.05, 3.63) is 110 Å². The highest BCUT2D eigenvalue weighted by atomic mass is 35.5. The zero-order valence-electron chi connectivity index (χ0n) is 17.5. The molecule has 1 fully saturated rings. The van der Waals surface area contributed by atoms with Crippen LogP contribution in [-0.2, 0) is 15.8 Å². The number of carbonyl (C=O) groups is 2. The summed E-state index contributed by atoms with van der Waals surface area (Å²) in [5.74, 6) is -2.96. The van der Waals surface area contributed by atoms with E-state index in [4.69, 9.17) is 11.6 Å². The van der Waals surface area contributed by atoms with Crippen LogP contribution in [0, 0.1) is 10.1 Å². The molecule has 1 heterocycles. The Labute approximate surface area is 200 Å². The number of rotatable bonds is 4. The minimum atomic E-state index is -4.73. The first kappa shape index (κ1) is 24.0. The van der Waals surface area contributed by atoms with Crippen LogP contribution in [-0.4, -0.2) is 21.7 Å². The van der Waals surface area contributed by atoms with E-state index in [1.165, 1.54) is 48.5 Å². The highest BCUT2D eigenvalue weighted by molar-refractivity contribution is 6.51. The molecule has 1 aliphatic rings. The third-order valence-electron chi connectivity index (χ3n) is 5.41. The van der Waals surface area contributed by atoms with Crippen LogP contribution in [0.4, 0.5) is 24.5 Å². The number of halogens is 4. The highest BCUT2D eigenvalue weighted by Gasteiger charge is 2.47. The van der Waals surface area contributed by atoms with Crippen molar-refractivity contribution in [3.8, 4) is 0 Å². The lowest BCUT2D eigenvalue weighted by atomic mass is 9.94. The van der Waals surface area contributed by atoms with Gasteiger partial charge >= 0.3 is 6.18 Å². The summed E-state index contributed by atoms with van der Waals surface area (Å²) in [6.45, 7) is 0. The molecule has 35 heavy (non-hydrogen) atoms. The molecule has 0 aromatic heterocycles. The van der Waals surface area contributed by atoms with Crippen LogP contribution in [0.25, 0.3) is 5.76 Å².